The summed E-state index contributed by atoms with van der Waals surface area (Å²) in [5.74, 6) is 1.17. The van der Waals surface area contributed by atoms with E-state index in [-0.39, 0.29) is 12.0 Å². The summed E-state index contributed by atoms with van der Waals surface area (Å²) < 4.78 is 3.55. The molecule has 0 N–H and O–H groups in total. The normalized spacial score (nSPS) is 12.3. The lowest BCUT2D eigenvalue weighted by Crippen LogP contribution is -2.15. The zero-order valence-electron chi connectivity index (χ0n) is 15.2. The van der Waals surface area contributed by atoms with E-state index in [0.717, 1.165) is 5.82 Å². The van der Waals surface area contributed by atoms with Gasteiger partial charge in [-0.1, -0.05) is 72.8 Å². The molecule has 0 amide bonds. The van der Waals surface area contributed by atoms with Gasteiger partial charge in [0.05, 0.1) is 12.0 Å². The van der Waals surface area contributed by atoms with Crippen molar-refractivity contribution in [3.63, 3.8) is 0 Å². The van der Waals surface area contributed by atoms with Crippen LogP contribution >= 0.6 is 22.6 Å². The largest absolute Gasteiger partial charge is 0.327 e. The molecule has 1 unspecified atom stereocenters. The van der Waals surface area contributed by atoms with Crippen molar-refractivity contribution < 1.29 is 0 Å². The molecule has 2 nitrogen and oxygen atoms in total. The molecule has 0 fully saturated rings. The Balaban J connectivity index is 1.82. The first-order chi connectivity index (χ1) is 13.2. The van der Waals surface area contributed by atoms with Gasteiger partial charge in [0, 0.05) is 16.0 Å². The first-order valence-corrected chi connectivity index (χ1v) is 10.2. The fraction of sp³-hybridized carbons (Fsp3) is 0.125. The Morgan fingerprint density at radius 1 is 0.778 bits per heavy atom. The number of hydrogen-bond donors (Lipinski definition) is 0. The maximum atomic E-state index is 4.80. The van der Waals surface area contributed by atoms with Crippen molar-refractivity contribution in [2.45, 2.75) is 18.9 Å². The van der Waals surface area contributed by atoms with Gasteiger partial charge in [0.1, 0.15) is 5.82 Å². The van der Waals surface area contributed by atoms with Crippen molar-refractivity contribution in [1.29, 1.82) is 0 Å². The maximum absolute atomic E-state index is 4.80. The van der Waals surface area contributed by atoms with Crippen LogP contribution in [0, 0.1) is 3.57 Å². The van der Waals surface area contributed by atoms with Gasteiger partial charge < -0.3 is 4.57 Å². The molecule has 0 aliphatic rings. The van der Waals surface area contributed by atoms with Crippen LogP contribution in [-0.2, 0) is 0 Å². The monoisotopic (exact) mass is 464 g/mol. The van der Waals surface area contributed by atoms with E-state index in [1.54, 1.807) is 0 Å². The summed E-state index contributed by atoms with van der Waals surface area (Å²) >= 11 is 2.37. The number of imidazole rings is 1. The zero-order valence-corrected chi connectivity index (χ0v) is 17.3. The Morgan fingerprint density at radius 2 is 1.37 bits per heavy atom. The van der Waals surface area contributed by atoms with Gasteiger partial charge >= 0.3 is 0 Å². The van der Waals surface area contributed by atoms with Gasteiger partial charge in [0.15, 0.2) is 0 Å². The minimum Gasteiger partial charge on any atom is -0.327 e. The van der Waals surface area contributed by atoms with Gasteiger partial charge in [0.25, 0.3) is 0 Å². The summed E-state index contributed by atoms with van der Waals surface area (Å²) in [6.07, 6.45) is 4.01. The van der Waals surface area contributed by atoms with Crippen LogP contribution in [0.15, 0.2) is 97.3 Å². The summed E-state index contributed by atoms with van der Waals surface area (Å²) in [4.78, 5) is 4.80. The van der Waals surface area contributed by atoms with E-state index in [2.05, 4.69) is 125 Å². The van der Waals surface area contributed by atoms with Gasteiger partial charge in [-0.05, 0) is 58.3 Å². The highest BCUT2D eigenvalue weighted by atomic mass is 127. The second kappa shape index (κ2) is 8.09. The van der Waals surface area contributed by atoms with Crippen LogP contribution in [0.1, 0.15) is 41.4 Å². The van der Waals surface area contributed by atoms with Crippen molar-refractivity contribution in [2.24, 2.45) is 0 Å². The Hall–Kier alpha value is -2.40. The van der Waals surface area contributed by atoms with Gasteiger partial charge in [0.2, 0.25) is 0 Å². The van der Waals surface area contributed by atoms with Crippen LogP contribution in [0.5, 0.6) is 0 Å². The topological polar surface area (TPSA) is 17.8 Å². The molecule has 4 aromatic rings. The predicted molar refractivity (Wildman–Crippen MR) is 119 cm³/mol. The standard InChI is InChI=1S/C24H21IN2/c1-18(21-13-8-14-22(25)17-21)27-16-15-26-24(27)23(19-9-4-2-5-10-19)20-11-6-3-7-12-20/h2-18,23H,1H3. The fourth-order valence-corrected chi connectivity index (χ4v) is 4.15. The smallest absolute Gasteiger partial charge is 0.121 e. The molecule has 0 saturated heterocycles. The molecule has 4 rings (SSSR count). The van der Waals surface area contributed by atoms with Gasteiger partial charge in [-0.15, -0.1) is 0 Å². The Morgan fingerprint density at radius 3 is 1.96 bits per heavy atom. The summed E-state index contributed by atoms with van der Waals surface area (Å²) in [5, 5.41) is 0. The summed E-state index contributed by atoms with van der Waals surface area (Å²) in [5.41, 5.74) is 3.80. The zero-order chi connectivity index (χ0) is 18.6. The van der Waals surface area contributed by atoms with E-state index in [4.69, 9.17) is 4.98 Å². The van der Waals surface area contributed by atoms with Gasteiger partial charge in [-0.2, -0.15) is 0 Å². The van der Waals surface area contributed by atoms with Crippen LogP contribution in [0.3, 0.4) is 0 Å². The number of nitrogens with zero attached hydrogens (tertiary/aromatic N) is 2. The lowest BCUT2D eigenvalue weighted by atomic mass is 9.90. The fourth-order valence-electron chi connectivity index (χ4n) is 3.58. The molecular weight excluding hydrogens is 443 g/mol. The van der Waals surface area contributed by atoms with Crippen molar-refractivity contribution in [3.05, 3.63) is 123 Å². The van der Waals surface area contributed by atoms with E-state index < -0.39 is 0 Å². The van der Waals surface area contributed by atoms with Gasteiger partial charge in [-0.3, -0.25) is 0 Å². The maximum Gasteiger partial charge on any atom is 0.121 e. The number of benzene rings is 3. The predicted octanol–water partition coefficient (Wildman–Crippen LogP) is 6.28. The number of hydrogen-bond acceptors (Lipinski definition) is 1. The molecule has 0 radical (unpaired) electrons. The third-order valence-electron chi connectivity index (χ3n) is 4.97. The molecule has 1 atom stereocenters. The third-order valence-corrected chi connectivity index (χ3v) is 5.64. The minimum absolute atomic E-state index is 0.104. The molecule has 1 aromatic heterocycles. The first-order valence-electron chi connectivity index (χ1n) is 9.12. The molecule has 3 aromatic carbocycles. The van der Waals surface area contributed by atoms with Crippen LogP contribution in [0.2, 0.25) is 0 Å². The van der Waals surface area contributed by atoms with E-state index in [0.29, 0.717) is 0 Å². The number of rotatable bonds is 5. The molecule has 0 saturated carbocycles. The molecular formula is C24H21IN2. The van der Waals surface area contributed by atoms with E-state index in [1.165, 1.54) is 20.3 Å². The van der Waals surface area contributed by atoms with E-state index in [9.17, 15) is 0 Å². The van der Waals surface area contributed by atoms with Crippen molar-refractivity contribution >= 4 is 22.6 Å². The second-order valence-corrected chi connectivity index (χ2v) is 7.92. The van der Waals surface area contributed by atoms with Gasteiger partial charge in [-0.25, -0.2) is 4.98 Å². The molecule has 1 heterocycles. The van der Waals surface area contributed by atoms with E-state index in [1.807, 2.05) is 6.20 Å². The molecule has 0 spiro atoms. The number of aromatic nitrogens is 2. The molecule has 3 heteroatoms. The molecule has 134 valence electrons. The summed E-state index contributed by atoms with van der Waals surface area (Å²) in [6.45, 7) is 2.24. The highest BCUT2D eigenvalue weighted by Gasteiger charge is 2.23. The quantitative estimate of drug-likeness (QED) is 0.318. The SMILES string of the molecule is CC(c1cccc(I)c1)n1ccnc1C(c1ccccc1)c1ccccc1. The lowest BCUT2D eigenvalue weighted by Gasteiger charge is -2.23. The van der Waals surface area contributed by atoms with Crippen LogP contribution in [-0.4, -0.2) is 9.55 Å². The van der Waals surface area contributed by atoms with Crippen LogP contribution in [0.25, 0.3) is 0 Å². The third kappa shape index (κ3) is 3.83. The Labute approximate surface area is 174 Å². The minimum atomic E-state index is 0.104. The van der Waals surface area contributed by atoms with Crippen molar-refractivity contribution in [2.75, 3.05) is 0 Å². The summed E-state index contributed by atoms with van der Waals surface area (Å²) in [6, 6.07) is 30.2. The summed E-state index contributed by atoms with van der Waals surface area (Å²) in [7, 11) is 0. The Bertz CT molecular complexity index is 969. The molecule has 0 aliphatic heterocycles. The second-order valence-electron chi connectivity index (χ2n) is 6.68. The number of halogens is 1. The van der Waals surface area contributed by atoms with E-state index >= 15 is 0 Å². The molecule has 0 aliphatic carbocycles. The van der Waals surface area contributed by atoms with Crippen molar-refractivity contribution in [3.8, 4) is 0 Å². The lowest BCUT2D eigenvalue weighted by molar-refractivity contribution is 0.594. The average Bonchev–Trinajstić information content (AvgIpc) is 3.18. The van der Waals surface area contributed by atoms with Crippen LogP contribution in [0.4, 0.5) is 0 Å². The van der Waals surface area contributed by atoms with Crippen molar-refractivity contribution in [1.82, 2.24) is 9.55 Å². The highest BCUT2D eigenvalue weighted by molar-refractivity contribution is 14.1. The average molecular weight is 464 g/mol. The van der Waals surface area contributed by atoms with Crippen LogP contribution < -0.4 is 0 Å². The molecule has 0 bridgehead atoms. The molecule has 27 heavy (non-hydrogen) atoms. The first kappa shape index (κ1) is 18.0. The highest BCUT2D eigenvalue weighted by Crippen LogP contribution is 2.33. The Kier molecular flexibility index (Phi) is 5.39.